The van der Waals surface area contributed by atoms with E-state index < -0.39 is 5.54 Å². The molecule has 2 aromatic carbocycles. The number of benzene rings is 2. The van der Waals surface area contributed by atoms with Gasteiger partial charge in [0.25, 0.3) is 5.78 Å². The summed E-state index contributed by atoms with van der Waals surface area (Å²) >= 11 is 0. The lowest BCUT2D eigenvalue weighted by atomic mass is 9.95. The monoisotopic (exact) mass is 465 g/mol. The van der Waals surface area contributed by atoms with E-state index >= 15 is 4.39 Å². The van der Waals surface area contributed by atoms with Crippen LogP contribution in [0.2, 0.25) is 0 Å². The number of hydrogen-bond acceptors (Lipinski definition) is 5. The van der Waals surface area contributed by atoms with E-state index in [2.05, 4.69) is 57.9 Å². The van der Waals surface area contributed by atoms with E-state index in [9.17, 15) is 0 Å². The molecule has 0 spiro atoms. The molecule has 8 heteroatoms. The van der Waals surface area contributed by atoms with Crippen LogP contribution in [0.25, 0.3) is 16.7 Å². The van der Waals surface area contributed by atoms with E-state index in [0.29, 0.717) is 28.3 Å². The van der Waals surface area contributed by atoms with E-state index in [1.165, 1.54) is 6.07 Å². The Morgan fingerprint density at radius 1 is 1.09 bits per heavy atom. The van der Waals surface area contributed by atoms with Crippen LogP contribution in [0.1, 0.15) is 37.2 Å². The number of hydrogen-bond donors (Lipinski definition) is 0. The van der Waals surface area contributed by atoms with Gasteiger partial charge in [0.2, 0.25) is 0 Å². The molecular weight excluding hydrogens is 441 g/mol. The summed E-state index contributed by atoms with van der Waals surface area (Å²) < 4.78 is 19.1. The lowest BCUT2D eigenvalue weighted by Gasteiger charge is -2.32. The smallest absolute Gasteiger partial charge is 0.257 e. The van der Waals surface area contributed by atoms with Gasteiger partial charge in [0, 0.05) is 30.2 Å². The van der Waals surface area contributed by atoms with Gasteiger partial charge in [-0.15, -0.1) is 10.2 Å². The van der Waals surface area contributed by atoms with Crippen molar-refractivity contribution in [2.24, 2.45) is 0 Å². The summed E-state index contributed by atoms with van der Waals surface area (Å²) in [6, 6.07) is 11.2. The fraction of sp³-hybridized carbons (Fsp3) is 0.259. The van der Waals surface area contributed by atoms with Gasteiger partial charge >= 0.3 is 0 Å². The quantitative estimate of drug-likeness (QED) is 0.351. The standard InChI is InChI=1S/C27H24FN7/c1-18-31-32-26-30-25(24-21(28)9-5-11-23(24)35(18)26)34-15-6-8-20-19(7-4-10-22(20)34)12-13-27(2,3)33-16-14-29-17-33/h4-5,7,9-11,14,16-17H,6,8,15H2,1-3H3. The molecule has 0 saturated carbocycles. The zero-order chi connectivity index (χ0) is 24.2. The third kappa shape index (κ3) is 3.43. The highest BCUT2D eigenvalue weighted by molar-refractivity contribution is 5.94. The van der Waals surface area contributed by atoms with Gasteiger partial charge < -0.3 is 9.47 Å². The molecule has 0 unspecified atom stereocenters. The molecule has 35 heavy (non-hydrogen) atoms. The Kier molecular flexibility index (Phi) is 4.81. The molecule has 6 rings (SSSR count). The maximum absolute atomic E-state index is 15.3. The number of nitrogens with zero attached hydrogens (tertiary/aromatic N) is 7. The first-order valence-electron chi connectivity index (χ1n) is 11.6. The SMILES string of the molecule is Cc1nnc2nc(N3CCCc4c(C#CC(C)(C)n5ccnc5)cccc43)c3c(F)cccc3n12. The van der Waals surface area contributed by atoms with Crippen molar-refractivity contribution in [2.75, 3.05) is 11.4 Å². The van der Waals surface area contributed by atoms with E-state index in [1.54, 1.807) is 23.0 Å². The third-order valence-electron chi connectivity index (χ3n) is 6.63. The van der Waals surface area contributed by atoms with Gasteiger partial charge in [0.15, 0.2) is 0 Å². The summed E-state index contributed by atoms with van der Waals surface area (Å²) in [7, 11) is 0. The first-order chi connectivity index (χ1) is 16.9. The molecule has 5 aromatic rings. The normalized spacial score (nSPS) is 13.7. The average molecular weight is 466 g/mol. The average Bonchev–Trinajstić information content (AvgIpc) is 3.53. The Morgan fingerprint density at radius 2 is 1.94 bits per heavy atom. The maximum atomic E-state index is 15.3. The van der Waals surface area contributed by atoms with E-state index in [-0.39, 0.29) is 5.82 Å². The van der Waals surface area contributed by atoms with Crippen molar-refractivity contribution < 1.29 is 4.39 Å². The van der Waals surface area contributed by atoms with Crippen molar-refractivity contribution in [1.82, 2.24) is 29.1 Å². The second kappa shape index (κ2) is 7.91. The Bertz CT molecular complexity index is 1640. The molecule has 0 bridgehead atoms. The summed E-state index contributed by atoms with van der Waals surface area (Å²) in [5.41, 5.74) is 3.44. The second-order valence-electron chi connectivity index (χ2n) is 9.29. The van der Waals surface area contributed by atoms with Crippen molar-refractivity contribution in [3.63, 3.8) is 0 Å². The lowest BCUT2D eigenvalue weighted by Crippen LogP contribution is -2.27. The number of aryl methyl sites for hydroxylation is 1. The molecule has 1 aliphatic heterocycles. The fourth-order valence-electron chi connectivity index (χ4n) is 4.81. The summed E-state index contributed by atoms with van der Waals surface area (Å²) in [5.74, 6) is 8.19. The predicted molar refractivity (Wildman–Crippen MR) is 133 cm³/mol. The van der Waals surface area contributed by atoms with Crippen LogP contribution in [-0.4, -0.2) is 35.7 Å². The first-order valence-corrected chi connectivity index (χ1v) is 11.6. The van der Waals surface area contributed by atoms with Crippen LogP contribution in [0.5, 0.6) is 0 Å². The summed E-state index contributed by atoms with van der Waals surface area (Å²) in [6.45, 7) is 6.71. The van der Waals surface area contributed by atoms with Crippen molar-refractivity contribution in [1.29, 1.82) is 0 Å². The van der Waals surface area contributed by atoms with Crippen LogP contribution in [0.15, 0.2) is 55.1 Å². The molecule has 0 aliphatic carbocycles. The third-order valence-corrected chi connectivity index (χ3v) is 6.63. The molecule has 4 heterocycles. The summed E-state index contributed by atoms with van der Waals surface area (Å²) in [6.07, 6.45) is 7.27. The Labute approximate surface area is 202 Å². The van der Waals surface area contributed by atoms with Crippen LogP contribution < -0.4 is 4.90 Å². The van der Waals surface area contributed by atoms with Gasteiger partial charge in [-0.1, -0.05) is 24.0 Å². The van der Waals surface area contributed by atoms with Crippen LogP contribution in [0.3, 0.4) is 0 Å². The lowest BCUT2D eigenvalue weighted by molar-refractivity contribution is 0.474. The minimum Gasteiger partial charge on any atom is -0.325 e. The number of rotatable bonds is 2. The van der Waals surface area contributed by atoms with Gasteiger partial charge in [-0.25, -0.2) is 9.37 Å². The molecular formula is C27H24FN7. The Balaban J connectivity index is 1.51. The van der Waals surface area contributed by atoms with Crippen molar-refractivity contribution >= 4 is 28.2 Å². The topological polar surface area (TPSA) is 64.1 Å². The molecule has 0 radical (unpaired) electrons. The number of fused-ring (bicyclic) bond motifs is 4. The summed E-state index contributed by atoms with van der Waals surface area (Å²) in [4.78, 5) is 11.0. The van der Waals surface area contributed by atoms with Gasteiger partial charge in [-0.05, 0) is 63.4 Å². The Hall–Kier alpha value is -4.25. The number of halogens is 1. The molecule has 3 aromatic heterocycles. The van der Waals surface area contributed by atoms with Gasteiger partial charge in [-0.2, -0.15) is 4.98 Å². The minimum atomic E-state index is -0.398. The van der Waals surface area contributed by atoms with Crippen molar-refractivity contribution in [3.05, 3.63) is 77.9 Å². The maximum Gasteiger partial charge on any atom is 0.257 e. The number of anilines is 2. The molecule has 0 fully saturated rings. The molecule has 0 saturated heterocycles. The molecule has 1 aliphatic rings. The number of imidazole rings is 1. The highest BCUT2D eigenvalue weighted by Gasteiger charge is 2.26. The van der Waals surface area contributed by atoms with E-state index in [1.807, 2.05) is 29.8 Å². The van der Waals surface area contributed by atoms with Gasteiger partial charge in [0.1, 0.15) is 23.0 Å². The zero-order valence-electron chi connectivity index (χ0n) is 19.8. The van der Waals surface area contributed by atoms with E-state index in [0.717, 1.165) is 36.2 Å². The zero-order valence-corrected chi connectivity index (χ0v) is 19.8. The molecule has 174 valence electrons. The van der Waals surface area contributed by atoms with Crippen LogP contribution in [0.4, 0.5) is 15.9 Å². The Morgan fingerprint density at radius 3 is 2.77 bits per heavy atom. The molecule has 7 nitrogen and oxygen atoms in total. The molecule has 0 atom stereocenters. The highest BCUT2D eigenvalue weighted by atomic mass is 19.1. The fourth-order valence-corrected chi connectivity index (χ4v) is 4.81. The highest BCUT2D eigenvalue weighted by Crippen LogP contribution is 2.38. The van der Waals surface area contributed by atoms with E-state index in [4.69, 9.17) is 4.98 Å². The van der Waals surface area contributed by atoms with Gasteiger partial charge in [-0.3, -0.25) is 4.40 Å². The molecule has 0 amide bonds. The van der Waals surface area contributed by atoms with Crippen LogP contribution >= 0.6 is 0 Å². The van der Waals surface area contributed by atoms with Crippen molar-refractivity contribution in [2.45, 2.75) is 39.2 Å². The summed E-state index contributed by atoms with van der Waals surface area (Å²) in [5, 5.41) is 8.87. The predicted octanol–water partition coefficient (Wildman–Crippen LogP) is 4.79. The van der Waals surface area contributed by atoms with Crippen molar-refractivity contribution in [3.8, 4) is 11.8 Å². The minimum absolute atomic E-state index is 0.315. The second-order valence-corrected chi connectivity index (χ2v) is 9.29. The van der Waals surface area contributed by atoms with Crippen LogP contribution in [0, 0.1) is 24.6 Å². The van der Waals surface area contributed by atoms with Crippen LogP contribution in [-0.2, 0) is 12.0 Å². The molecule has 0 N–H and O–H groups in total. The largest absolute Gasteiger partial charge is 0.325 e. The number of aromatic nitrogens is 6. The first kappa shape index (κ1) is 21.3. The van der Waals surface area contributed by atoms with Gasteiger partial charge in [0.05, 0.1) is 17.2 Å².